The first-order valence-corrected chi connectivity index (χ1v) is 11.1. The fraction of sp³-hybridized carbons (Fsp3) is 0.474. The minimum absolute atomic E-state index is 0.664. The lowest BCUT2D eigenvalue weighted by Crippen LogP contribution is -2.43. The standard InChI is InChI=1S/C19H26BrNSi/c1-13(2)22(14(3)4,15(5)6)11-10-16-12-21-19-17(16)8-7-9-18(19)20/h7-9,12-15,21H,1-6H3. The molecule has 118 valence electrons. The van der Waals surface area contributed by atoms with Crippen LogP contribution in [0, 0.1) is 11.5 Å². The topological polar surface area (TPSA) is 15.8 Å². The van der Waals surface area contributed by atoms with E-state index in [0.717, 1.165) is 15.6 Å². The van der Waals surface area contributed by atoms with E-state index in [1.165, 1.54) is 5.39 Å². The Labute approximate surface area is 144 Å². The van der Waals surface area contributed by atoms with Crippen molar-refractivity contribution < 1.29 is 0 Å². The molecule has 0 saturated heterocycles. The summed E-state index contributed by atoms with van der Waals surface area (Å²) in [7, 11) is -1.67. The number of para-hydroxylation sites is 1. The number of hydrogen-bond donors (Lipinski definition) is 1. The van der Waals surface area contributed by atoms with Crippen LogP contribution < -0.4 is 0 Å². The summed E-state index contributed by atoms with van der Waals surface area (Å²) in [5, 5.41) is 1.21. The Kier molecular flexibility index (Phi) is 5.24. The Morgan fingerprint density at radius 2 is 1.59 bits per heavy atom. The van der Waals surface area contributed by atoms with Gasteiger partial charge in [-0.15, -0.1) is 5.54 Å². The van der Waals surface area contributed by atoms with E-state index in [2.05, 4.69) is 92.1 Å². The van der Waals surface area contributed by atoms with Gasteiger partial charge in [0.2, 0.25) is 0 Å². The second-order valence-corrected chi connectivity index (χ2v) is 13.4. The van der Waals surface area contributed by atoms with Crippen molar-refractivity contribution >= 4 is 34.9 Å². The molecule has 1 heterocycles. The number of H-pyrrole nitrogens is 1. The van der Waals surface area contributed by atoms with Crippen molar-refractivity contribution in [2.75, 3.05) is 0 Å². The molecule has 0 atom stereocenters. The number of rotatable bonds is 3. The van der Waals surface area contributed by atoms with Crippen molar-refractivity contribution in [2.24, 2.45) is 0 Å². The maximum absolute atomic E-state index is 3.80. The Morgan fingerprint density at radius 3 is 2.14 bits per heavy atom. The van der Waals surface area contributed by atoms with Crippen LogP contribution >= 0.6 is 15.9 Å². The first-order valence-electron chi connectivity index (χ1n) is 8.09. The lowest BCUT2D eigenvalue weighted by atomic mass is 10.2. The van der Waals surface area contributed by atoms with Crippen LogP contribution in [0.4, 0.5) is 0 Å². The van der Waals surface area contributed by atoms with E-state index in [9.17, 15) is 0 Å². The van der Waals surface area contributed by atoms with Gasteiger partial charge in [0, 0.05) is 21.6 Å². The van der Waals surface area contributed by atoms with Gasteiger partial charge < -0.3 is 4.98 Å². The molecule has 0 unspecified atom stereocenters. The van der Waals surface area contributed by atoms with Gasteiger partial charge in [0.15, 0.2) is 0 Å². The molecule has 0 spiro atoms. The quantitative estimate of drug-likeness (QED) is 0.465. The highest BCUT2D eigenvalue weighted by Crippen LogP contribution is 2.40. The smallest absolute Gasteiger partial charge is 0.146 e. The molecular weight excluding hydrogens is 350 g/mol. The first-order chi connectivity index (χ1) is 10.3. The highest BCUT2D eigenvalue weighted by Gasteiger charge is 2.41. The number of fused-ring (bicyclic) bond motifs is 1. The van der Waals surface area contributed by atoms with Crippen LogP contribution in [0.5, 0.6) is 0 Å². The fourth-order valence-electron chi connectivity index (χ4n) is 3.83. The molecule has 3 heteroatoms. The predicted molar refractivity (Wildman–Crippen MR) is 104 cm³/mol. The average Bonchev–Trinajstić information content (AvgIpc) is 2.83. The van der Waals surface area contributed by atoms with Gasteiger partial charge in [-0.25, -0.2) is 0 Å². The lowest BCUT2D eigenvalue weighted by Gasteiger charge is -2.38. The number of aromatic amines is 1. The molecule has 22 heavy (non-hydrogen) atoms. The molecule has 0 amide bonds. The number of hydrogen-bond acceptors (Lipinski definition) is 0. The highest BCUT2D eigenvalue weighted by atomic mass is 79.9. The van der Waals surface area contributed by atoms with E-state index in [1.54, 1.807) is 0 Å². The highest BCUT2D eigenvalue weighted by molar-refractivity contribution is 9.10. The lowest BCUT2D eigenvalue weighted by molar-refractivity contribution is 0.838. The summed E-state index contributed by atoms with van der Waals surface area (Å²) in [6.07, 6.45) is 2.04. The third-order valence-electron chi connectivity index (χ3n) is 4.94. The van der Waals surface area contributed by atoms with Crippen LogP contribution in [0.3, 0.4) is 0 Å². The number of aromatic nitrogens is 1. The van der Waals surface area contributed by atoms with Crippen LogP contribution in [0.15, 0.2) is 28.9 Å². The zero-order valence-electron chi connectivity index (χ0n) is 14.4. The second-order valence-electron chi connectivity index (χ2n) is 7.01. The third-order valence-corrected chi connectivity index (χ3v) is 11.9. The van der Waals surface area contributed by atoms with Crippen LogP contribution in [-0.4, -0.2) is 13.1 Å². The summed E-state index contributed by atoms with van der Waals surface area (Å²) in [5.74, 6) is 3.54. The minimum Gasteiger partial charge on any atom is -0.359 e. The van der Waals surface area contributed by atoms with Gasteiger partial charge in [-0.05, 0) is 38.6 Å². The summed E-state index contributed by atoms with van der Waals surface area (Å²) in [6, 6.07) is 6.28. The molecule has 0 bridgehead atoms. The van der Waals surface area contributed by atoms with Gasteiger partial charge in [0.05, 0.1) is 5.52 Å². The van der Waals surface area contributed by atoms with Crippen LogP contribution in [0.2, 0.25) is 16.6 Å². The van der Waals surface area contributed by atoms with E-state index >= 15 is 0 Å². The Bertz CT molecular complexity index is 694. The summed E-state index contributed by atoms with van der Waals surface area (Å²) in [4.78, 5) is 3.35. The maximum atomic E-state index is 3.80. The average molecular weight is 376 g/mol. The zero-order chi connectivity index (χ0) is 16.5. The van der Waals surface area contributed by atoms with Crippen molar-refractivity contribution in [3.63, 3.8) is 0 Å². The second kappa shape index (κ2) is 6.64. The maximum Gasteiger partial charge on any atom is 0.146 e. The molecule has 2 aromatic rings. The molecule has 0 aliphatic carbocycles. The Hall–Kier alpha value is -0.983. The monoisotopic (exact) mass is 375 g/mol. The molecule has 0 saturated carbocycles. The summed E-state index contributed by atoms with van der Waals surface area (Å²) in [5.41, 5.74) is 8.05. The number of benzene rings is 1. The largest absolute Gasteiger partial charge is 0.359 e. The SMILES string of the molecule is CC(C)[Si](C#Cc1c[nH]c2c(Br)cccc12)(C(C)C)C(C)C. The molecule has 1 aromatic heterocycles. The number of nitrogens with one attached hydrogen (secondary N) is 1. The van der Waals surface area contributed by atoms with Crippen molar-refractivity contribution in [2.45, 2.75) is 58.2 Å². The van der Waals surface area contributed by atoms with E-state index in [4.69, 9.17) is 0 Å². The molecule has 1 aromatic carbocycles. The normalized spacial score (nSPS) is 12.3. The minimum atomic E-state index is -1.67. The molecule has 1 N–H and O–H groups in total. The fourth-order valence-corrected chi connectivity index (χ4v) is 9.53. The predicted octanol–water partition coefficient (Wildman–Crippen LogP) is 6.50. The van der Waals surface area contributed by atoms with E-state index in [-0.39, 0.29) is 0 Å². The van der Waals surface area contributed by atoms with Gasteiger partial charge in [-0.1, -0.05) is 59.6 Å². The van der Waals surface area contributed by atoms with Gasteiger partial charge in [0.1, 0.15) is 8.07 Å². The van der Waals surface area contributed by atoms with Crippen LogP contribution in [0.1, 0.15) is 47.1 Å². The number of halogens is 1. The van der Waals surface area contributed by atoms with Gasteiger partial charge in [-0.2, -0.15) is 0 Å². The van der Waals surface area contributed by atoms with Gasteiger partial charge >= 0.3 is 0 Å². The van der Waals surface area contributed by atoms with Crippen LogP contribution in [0.25, 0.3) is 10.9 Å². The van der Waals surface area contributed by atoms with Gasteiger partial charge in [-0.3, -0.25) is 0 Å². The Balaban J connectivity index is 2.56. The van der Waals surface area contributed by atoms with E-state index in [0.29, 0.717) is 16.6 Å². The van der Waals surface area contributed by atoms with E-state index in [1.807, 2.05) is 6.20 Å². The van der Waals surface area contributed by atoms with Crippen molar-refractivity contribution in [1.82, 2.24) is 4.98 Å². The molecule has 1 nitrogen and oxygen atoms in total. The first kappa shape index (κ1) is 17.4. The zero-order valence-corrected chi connectivity index (χ0v) is 17.0. The van der Waals surface area contributed by atoms with Gasteiger partial charge in [0.25, 0.3) is 0 Å². The molecule has 0 fully saturated rings. The van der Waals surface area contributed by atoms with E-state index < -0.39 is 8.07 Å². The molecule has 0 radical (unpaired) electrons. The third kappa shape index (κ3) is 2.92. The van der Waals surface area contributed by atoms with Crippen molar-refractivity contribution in [1.29, 1.82) is 0 Å². The molecular formula is C19H26BrNSi. The Morgan fingerprint density at radius 1 is 1.00 bits per heavy atom. The molecule has 2 rings (SSSR count). The van der Waals surface area contributed by atoms with Crippen molar-refractivity contribution in [3.05, 3.63) is 34.4 Å². The van der Waals surface area contributed by atoms with Crippen LogP contribution in [-0.2, 0) is 0 Å². The summed E-state index contributed by atoms with van der Waals surface area (Å²) < 4.78 is 1.10. The molecule has 0 aliphatic rings. The molecule has 0 aliphatic heterocycles. The summed E-state index contributed by atoms with van der Waals surface area (Å²) in [6.45, 7) is 14.1. The van der Waals surface area contributed by atoms with Crippen molar-refractivity contribution in [3.8, 4) is 11.5 Å². The summed E-state index contributed by atoms with van der Waals surface area (Å²) >= 11 is 3.60.